The van der Waals surface area contributed by atoms with Gasteiger partial charge in [-0.05, 0) is 25.8 Å². The van der Waals surface area contributed by atoms with Crippen LogP contribution in [0.4, 0.5) is 0 Å². The summed E-state index contributed by atoms with van der Waals surface area (Å²) in [4.78, 5) is 27.7. The Balaban J connectivity index is 4.40. The van der Waals surface area contributed by atoms with Crippen LogP contribution in [0, 0.1) is 5.92 Å². The van der Waals surface area contributed by atoms with Crippen LogP contribution in [-0.4, -0.2) is 24.1 Å². The van der Waals surface area contributed by atoms with E-state index in [2.05, 4.69) is 17.2 Å². The third-order valence-electron chi connectivity index (χ3n) is 3.12. The lowest BCUT2D eigenvalue weighted by Gasteiger charge is -2.09. The summed E-state index contributed by atoms with van der Waals surface area (Å²) in [7, 11) is 0. The molecule has 0 aliphatic rings. The van der Waals surface area contributed by atoms with Crippen molar-refractivity contribution in [3.63, 3.8) is 0 Å². The van der Waals surface area contributed by atoms with E-state index in [0.717, 1.165) is 25.7 Å². The summed E-state index contributed by atoms with van der Waals surface area (Å²) in [6.45, 7) is 7.95. The van der Waals surface area contributed by atoms with Gasteiger partial charge in [-0.2, -0.15) is 0 Å². The highest BCUT2D eigenvalue weighted by atomic mass is 16.2. The number of aliphatic imine (C=N–C) groups is 1. The minimum atomic E-state index is -0.0530. The molecule has 0 saturated heterocycles. The second kappa shape index (κ2) is 11.4. The molecule has 1 amide bonds. The molecule has 4 heteroatoms. The van der Waals surface area contributed by atoms with Gasteiger partial charge in [0.05, 0.1) is 6.54 Å². The predicted octanol–water partition coefficient (Wildman–Crippen LogP) is 3.27. The van der Waals surface area contributed by atoms with Gasteiger partial charge in [0.2, 0.25) is 5.91 Å². The molecule has 0 spiro atoms. The van der Waals surface area contributed by atoms with E-state index in [1.807, 2.05) is 20.8 Å². The predicted molar refractivity (Wildman–Crippen MR) is 83.9 cm³/mol. The van der Waals surface area contributed by atoms with Crippen LogP contribution in [-0.2, 0) is 9.59 Å². The van der Waals surface area contributed by atoms with Crippen molar-refractivity contribution in [2.24, 2.45) is 10.9 Å². The Morgan fingerprint density at radius 1 is 1.25 bits per heavy atom. The Morgan fingerprint density at radius 2 is 1.95 bits per heavy atom. The van der Waals surface area contributed by atoms with E-state index in [0.29, 0.717) is 12.3 Å². The highest BCUT2D eigenvalue weighted by molar-refractivity contribution is 6.05. The molecular formula is C16H28N2O2. The zero-order valence-corrected chi connectivity index (χ0v) is 13.2. The van der Waals surface area contributed by atoms with Crippen LogP contribution in [0.1, 0.15) is 59.8 Å². The molecule has 0 radical (unpaired) electrons. The fourth-order valence-corrected chi connectivity index (χ4v) is 1.55. The molecule has 0 heterocycles. The third kappa shape index (κ3) is 8.62. The van der Waals surface area contributed by atoms with E-state index in [9.17, 15) is 9.59 Å². The van der Waals surface area contributed by atoms with Crippen LogP contribution >= 0.6 is 0 Å². The smallest absolute Gasteiger partial charge is 0.228 e. The number of amides is 1. The van der Waals surface area contributed by atoms with Crippen molar-refractivity contribution in [1.29, 1.82) is 0 Å². The maximum Gasteiger partial charge on any atom is 0.228 e. The number of hydrogen-bond donors (Lipinski definition) is 1. The Labute approximate surface area is 122 Å². The minimum Gasteiger partial charge on any atom is -0.311 e. The van der Waals surface area contributed by atoms with Crippen molar-refractivity contribution in [3.8, 4) is 0 Å². The third-order valence-corrected chi connectivity index (χ3v) is 3.12. The number of rotatable bonds is 9. The van der Waals surface area contributed by atoms with Gasteiger partial charge in [-0.25, -0.2) is 0 Å². The average molecular weight is 280 g/mol. The minimum absolute atomic E-state index is 0.0503. The number of ketones is 1. The van der Waals surface area contributed by atoms with Gasteiger partial charge in [0.25, 0.3) is 0 Å². The van der Waals surface area contributed by atoms with Crippen molar-refractivity contribution in [2.75, 3.05) is 6.54 Å². The van der Waals surface area contributed by atoms with E-state index < -0.39 is 0 Å². The first-order chi connectivity index (χ1) is 9.54. The number of amidine groups is 1. The molecule has 0 fully saturated rings. The Bertz CT molecular complexity index is 359. The molecule has 20 heavy (non-hydrogen) atoms. The van der Waals surface area contributed by atoms with Crippen LogP contribution in [0.2, 0.25) is 0 Å². The lowest BCUT2D eigenvalue weighted by Crippen LogP contribution is -2.33. The molecule has 0 aliphatic heterocycles. The average Bonchev–Trinajstić information content (AvgIpc) is 2.44. The maximum atomic E-state index is 11.8. The van der Waals surface area contributed by atoms with Gasteiger partial charge in [-0.15, -0.1) is 0 Å². The molecule has 114 valence electrons. The Kier molecular flexibility index (Phi) is 10.6. The number of allylic oxidation sites excluding steroid dienone is 1. The van der Waals surface area contributed by atoms with Gasteiger partial charge in [0.15, 0.2) is 5.78 Å². The van der Waals surface area contributed by atoms with E-state index in [1.165, 1.54) is 0 Å². The summed E-state index contributed by atoms with van der Waals surface area (Å²) in [5.41, 5.74) is 0. The monoisotopic (exact) mass is 280 g/mol. The maximum absolute atomic E-state index is 11.8. The lowest BCUT2D eigenvalue weighted by molar-refractivity contribution is -0.123. The zero-order chi connectivity index (χ0) is 15.4. The van der Waals surface area contributed by atoms with Gasteiger partial charge in [0, 0.05) is 12.3 Å². The zero-order valence-electron chi connectivity index (χ0n) is 13.2. The van der Waals surface area contributed by atoms with Crippen molar-refractivity contribution >= 4 is 17.5 Å². The van der Waals surface area contributed by atoms with Gasteiger partial charge in [0.1, 0.15) is 5.84 Å². The van der Waals surface area contributed by atoms with Crippen molar-refractivity contribution in [2.45, 2.75) is 59.8 Å². The first kappa shape index (κ1) is 18.6. The molecule has 0 saturated carbocycles. The summed E-state index contributed by atoms with van der Waals surface area (Å²) in [5, 5.41) is 2.76. The first-order valence-corrected chi connectivity index (χ1v) is 7.54. The lowest BCUT2D eigenvalue weighted by atomic mass is 10.1. The van der Waals surface area contributed by atoms with Gasteiger partial charge >= 0.3 is 0 Å². The van der Waals surface area contributed by atoms with Gasteiger partial charge in [-0.3, -0.25) is 14.6 Å². The molecule has 0 bridgehead atoms. The Hall–Kier alpha value is -1.45. The summed E-state index contributed by atoms with van der Waals surface area (Å²) < 4.78 is 0. The normalized spacial score (nSPS) is 13.5. The SMILES string of the molecule is C/C=C\C(=NCC(=O)CCCCC)NC(=O)C(C)CC. The van der Waals surface area contributed by atoms with Crippen molar-refractivity contribution < 1.29 is 9.59 Å². The molecule has 0 aromatic rings. The number of hydrogen-bond acceptors (Lipinski definition) is 3. The van der Waals surface area contributed by atoms with Crippen LogP contribution < -0.4 is 5.32 Å². The number of Topliss-reactive ketones (excluding diaryl/α,β-unsaturated/α-hetero) is 1. The summed E-state index contributed by atoms with van der Waals surface area (Å²) >= 11 is 0. The van der Waals surface area contributed by atoms with E-state index in [-0.39, 0.29) is 24.2 Å². The molecule has 0 rings (SSSR count). The fourth-order valence-electron chi connectivity index (χ4n) is 1.55. The van der Waals surface area contributed by atoms with Crippen molar-refractivity contribution in [1.82, 2.24) is 5.32 Å². The van der Waals surface area contributed by atoms with Gasteiger partial charge < -0.3 is 5.32 Å². The number of nitrogens with zero attached hydrogens (tertiary/aromatic N) is 1. The van der Waals surface area contributed by atoms with Gasteiger partial charge in [-0.1, -0.05) is 39.7 Å². The molecule has 0 aromatic carbocycles. The second-order valence-electron chi connectivity index (χ2n) is 5.00. The first-order valence-electron chi connectivity index (χ1n) is 7.54. The molecule has 0 aliphatic carbocycles. The molecule has 4 nitrogen and oxygen atoms in total. The van der Waals surface area contributed by atoms with E-state index in [4.69, 9.17) is 0 Å². The summed E-state index contributed by atoms with van der Waals surface area (Å²) in [5.74, 6) is 0.494. The molecule has 0 aromatic heterocycles. The van der Waals surface area contributed by atoms with Crippen LogP contribution in [0.25, 0.3) is 0 Å². The van der Waals surface area contributed by atoms with E-state index >= 15 is 0 Å². The Morgan fingerprint density at radius 3 is 2.50 bits per heavy atom. The van der Waals surface area contributed by atoms with E-state index in [1.54, 1.807) is 12.2 Å². The molecule has 1 N–H and O–H groups in total. The number of carbonyl (C=O) groups excluding carboxylic acids is 2. The van der Waals surface area contributed by atoms with Crippen LogP contribution in [0.15, 0.2) is 17.1 Å². The highest BCUT2D eigenvalue weighted by Gasteiger charge is 2.11. The number of nitrogens with one attached hydrogen (secondary N) is 1. The van der Waals surface area contributed by atoms with Crippen molar-refractivity contribution in [3.05, 3.63) is 12.2 Å². The fraction of sp³-hybridized carbons (Fsp3) is 0.688. The highest BCUT2D eigenvalue weighted by Crippen LogP contribution is 2.01. The molecule has 1 atom stereocenters. The van der Waals surface area contributed by atoms with Crippen LogP contribution in [0.5, 0.6) is 0 Å². The summed E-state index contributed by atoms with van der Waals surface area (Å²) in [6, 6.07) is 0. The standard InChI is InChI=1S/C16H28N2O2/c1-5-8-9-11-14(19)12-17-15(10-6-2)18-16(20)13(4)7-3/h6,10,13H,5,7-9,11-12H2,1-4H3,(H,17,18,20)/b10-6-. The molecular weight excluding hydrogens is 252 g/mol. The largest absolute Gasteiger partial charge is 0.311 e. The summed E-state index contributed by atoms with van der Waals surface area (Å²) in [6.07, 6.45) is 7.97. The topological polar surface area (TPSA) is 58.5 Å². The molecule has 1 unspecified atom stereocenters. The number of unbranched alkanes of at least 4 members (excludes halogenated alkanes) is 2. The quantitative estimate of drug-likeness (QED) is 0.400. The number of carbonyl (C=O) groups is 2. The second-order valence-corrected chi connectivity index (χ2v) is 5.00. The van der Waals surface area contributed by atoms with Crippen LogP contribution in [0.3, 0.4) is 0 Å².